The van der Waals surface area contributed by atoms with Gasteiger partial charge in [-0.2, -0.15) is 0 Å². The third-order valence-electron chi connectivity index (χ3n) is 3.32. The van der Waals surface area contributed by atoms with Crippen LogP contribution in [0.2, 0.25) is 0 Å². The van der Waals surface area contributed by atoms with Gasteiger partial charge < -0.3 is 5.32 Å². The molecule has 1 aliphatic heterocycles. The average molecular weight is 207 g/mol. The number of piperidine rings is 1. The van der Waals surface area contributed by atoms with Crippen molar-refractivity contribution in [3.63, 3.8) is 0 Å². The topological polar surface area (TPSA) is 12.0 Å². The molecule has 1 nitrogen and oxygen atoms in total. The summed E-state index contributed by atoms with van der Waals surface area (Å²) in [5, 5.41) is 3.47. The van der Waals surface area contributed by atoms with Gasteiger partial charge in [0.05, 0.1) is 0 Å². The number of nitrogens with one attached hydrogen (secondary N) is 1. The molecular formula is C13H18FN. The van der Waals surface area contributed by atoms with Gasteiger partial charge in [0.1, 0.15) is 5.82 Å². The van der Waals surface area contributed by atoms with Crippen LogP contribution in [0.1, 0.15) is 36.9 Å². The molecule has 0 bridgehead atoms. The summed E-state index contributed by atoms with van der Waals surface area (Å²) < 4.78 is 13.4. The summed E-state index contributed by atoms with van der Waals surface area (Å²) in [6, 6.07) is 5.91. The summed E-state index contributed by atoms with van der Waals surface area (Å²) in [5.74, 6) is 0.507. The van der Waals surface area contributed by atoms with E-state index in [1.54, 1.807) is 13.0 Å². The van der Waals surface area contributed by atoms with E-state index < -0.39 is 0 Å². The zero-order valence-corrected chi connectivity index (χ0v) is 9.39. The molecule has 82 valence electrons. The normalized spacial score (nSPS) is 26.6. The van der Waals surface area contributed by atoms with Crippen LogP contribution in [0.15, 0.2) is 18.2 Å². The number of aryl methyl sites for hydroxylation is 1. The van der Waals surface area contributed by atoms with Crippen LogP contribution in [0, 0.1) is 18.7 Å². The Kier molecular flexibility index (Phi) is 3.06. The number of hydrogen-bond donors (Lipinski definition) is 1. The fourth-order valence-electron chi connectivity index (χ4n) is 2.30. The van der Waals surface area contributed by atoms with Crippen molar-refractivity contribution in [1.29, 1.82) is 0 Å². The highest BCUT2D eigenvalue weighted by Crippen LogP contribution is 2.29. The van der Waals surface area contributed by atoms with Gasteiger partial charge in [0.15, 0.2) is 0 Å². The monoisotopic (exact) mass is 207 g/mol. The lowest BCUT2D eigenvalue weighted by Gasteiger charge is -2.30. The Bertz CT molecular complexity index is 348. The van der Waals surface area contributed by atoms with Crippen LogP contribution in [0.4, 0.5) is 4.39 Å². The van der Waals surface area contributed by atoms with Crippen molar-refractivity contribution in [2.75, 3.05) is 6.54 Å². The Hall–Kier alpha value is -0.890. The summed E-state index contributed by atoms with van der Waals surface area (Å²) in [4.78, 5) is 0. The van der Waals surface area contributed by atoms with E-state index in [1.807, 2.05) is 12.1 Å². The maximum absolute atomic E-state index is 13.4. The molecule has 15 heavy (non-hydrogen) atoms. The molecule has 1 fully saturated rings. The summed E-state index contributed by atoms with van der Waals surface area (Å²) in [5.41, 5.74) is 1.81. The van der Waals surface area contributed by atoms with Crippen molar-refractivity contribution < 1.29 is 4.39 Å². The second-order valence-electron chi connectivity index (χ2n) is 4.56. The van der Waals surface area contributed by atoms with Crippen molar-refractivity contribution in [2.45, 2.75) is 32.7 Å². The first-order chi connectivity index (χ1) is 7.18. The molecule has 0 radical (unpaired) electrons. The van der Waals surface area contributed by atoms with E-state index >= 15 is 0 Å². The first kappa shape index (κ1) is 10.6. The summed E-state index contributed by atoms with van der Waals surface area (Å²) in [7, 11) is 0. The third-order valence-corrected chi connectivity index (χ3v) is 3.32. The smallest absolute Gasteiger partial charge is 0.126 e. The molecule has 1 saturated heterocycles. The first-order valence-corrected chi connectivity index (χ1v) is 5.68. The molecule has 2 atom stereocenters. The van der Waals surface area contributed by atoms with E-state index in [4.69, 9.17) is 0 Å². The maximum Gasteiger partial charge on any atom is 0.126 e. The lowest BCUT2D eigenvalue weighted by Crippen LogP contribution is -2.32. The fourth-order valence-corrected chi connectivity index (χ4v) is 2.30. The standard InChI is InChI=1S/C13H18FN/c1-9-5-6-11(8-12(9)14)13-10(2)4-3-7-15-13/h5-6,8,10,13,15H,3-4,7H2,1-2H3. The van der Waals surface area contributed by atoms with E-state index in [-0.39, 0.29) is 5.82 Å². The van der Waals surface area contributed by atoms with E-state index in [0.29, 0.717) is 12.0 Å². The Balaban J connectivity index is 2.24. The second-order valence-corrected chi connectivity index (χ2v) is 4.56. The van der Waals surface area contributed by atoms with Gasteiger partial charge in [-0.1, -0.05) is 19.1 Å². The molecule has 2 unspecified atom stereocenters. The van der Waals surface area contributed by atoms with Gasteiger partial charge in [0.2, 0.25) is 0 Å². The van der Waals surface area contributed by atoms with Crippen molar-refractivity contribution in [3.8, 4) is 0 Å². The maximum atomic E-state index is 13.4. The van der Waals surface area contributed by atoms with Crippen LogP contribution >= 0.6 is 0 Å². The van der Waals surface area contributed by atoms with Gasteiger partial charge in [-0.3, -0.25) is 0 Å². The molecule has 0 spiro atoms. The highest BCUT2D eigenvalue weighted by atomic mass is 19.1. The summed E-state index contributed by atoms with van der Waals surface area (Å²) >= 11 is 0. The average Bonchev–Trinajstić information content (AvgIpc) is 2.23. The van der Waals surface area contributed by atoms with Crippen molar-refractivity contribution in [2.24, 2.45) is 5.92 Å². The molecule has 0 amide bonds. The Labute approximate surface area is 90.7 Å². The number of benzene rings is 1. The number of halogens is 1. The van der Waals surface area contributed by atoms with Crippen LogP contribution < -0.4 is 5.32 Å². The van der Waals surface area contributed by atoms with Crippen molar-refractivity contribution in [1.82, 2.24) is 5.32 Å². The Morgan fingerprint density at radius 1 is 1.40 bits per heavy atom. The molecule has 1 aliphatic rings. The molecule has 1 N–H and O–H groups in total. The van der Waals surface area contributed by atoms with E-state index in [0.717, 1.165) is 17.7 Å². The lowest BCUT2D eigenvalue weighted by molar-refractivity contribution is 0.305. The lowest BCUT2D eigenvalue weighted by atomic mass is 9.87. The van der Waals surface area contributed by atoms with Gasteiger partial charge in [-0.15, -0.1) is 0 Å². The van der Waals surface area contributed by atoms with Crippen LogP contribution in [-0.4, -0.2) is 6.54 Å². The highest BCUT2D eigenvalue weighted by molar-refractivity contribution is 5.26. The Morgan fingerprint density at radius 2 is 2.20 bits per heavy atom. The number of hydrogen-bond acceptors (Lipinski definition) is 1. The van der Waals surface area contributed by atoms with Crippen molar-refractivity contribution in [3.05, 3.63) is 35.1 Å². The first-order valence-electron chi connectivity index (χ1n) is 5.68. The minimum absolute atomic E-state index is 0.0907. The van der Waals surface area contributed by atoms with Crippen LogP contribution in [0.3, 0.4) is 0 Å². The molecule has 0 aliphatic carbocycles. The van der Waals surface area contributed by atoms with Crippen LogP contribution in [-0.2, 0) is 0 Å². The molecule has 0 saturated carbocycles. The quantitative estimate of drug-likeness (QED) is 0.745. The molecule has 2 heteroatoms. The van der Waals surface area contributed by atoms with E-state index in [1.165, 1.54) is 12.8 Å². The van der Waals surface area contributed by atoms with Crippen LogP contribution in [0.5, 0.6) is 0 Å². The molecule has 1 aromatic rings. The van der Waals surface area contributed by atoms with E-state index in [2.05, 4.69) is 12.2 Å². The van der Waals surface area contributed by atoms with Gasteiger partial charge >= 0.3 is 0 Å². The zero-order valence-electron chi connectivity index (χ0n) is 9.39. The number of rotatable bonds is 1. The summed E-state index contributed by atoms with van der Waals surface area (Å²) in [6.07, 6.45) is 2.46. The summed E-state index contributed by atoms with van der Waals surface area (Å²) in [6.45, 7) is 5.08. The zero-order chi connectivity index (χ0) is 10.8. The molecule has 0 aromatic heterocycles. The minimum Gasteiger partial charge on any atom is -0.310 e. The SMILES string of the molecule is Cc1ccc(C2NCCCC2C)cc1F. The molecule has 2 rings (SSSR count). The van der Waals surface area contributed by atoms with Gasteiger partial charge in [-0.05, 0) is 49.4 Å². The second kappa shape index (κ2) is 4.31. The minimum atomic E-state index is -0.0907. The van der Waals surface area contributed by atoms with Gasteiger partial charge in [0, 0.05) is 6.04 Å². The fraction of sp³-hybridized carbons (Fsp3) is 0.538. The molecule has 1 heterocycles. The molecular weight excluding hydrogens is 189 g/mol. The third kappa shape index (κ3) is 2.20. The predicted molar refractivity (Wildman–Crippen MR) is 60.3 cm³/mol. The van der Waals surface area contributed by atoms with Crippen molar-refractivity contribution >= 4 is 0 Å². The molecule has 1 aromatic carbocycles. The van der Waals surface area contributed by atoms with Crippen LogP contribution in [0.25, 0.3) is 0 Å². The predicted octanol–water partition coefficient (Wildman–Crippen LogP) is 3.19. The Morgan fingerprint density at radius 3 is 2.87 bits per heavy atom. The van der Waals surface area contributed by atoms with Gasteiger partial charge in [0.25, 0.3) is 0 Å². The highest BCUT2D eigenvalue weighted by Gasteiger charge is 2.22. The van der Waals surface area contributed by atoms with E-state index in [9.17, 15) is 4.39 Å². The van der Waals surface area contributed by atoms with Gasteiger partial charge in [-0.25, -0.2) is 4.39 Å². The largest absolute Gasteiger partial charge is 0.310 e.